The Morgan fingerprint density at radius 2 is 1.62 bits per heavy atom. The van der Waals surface area contributed by atoms with Gasteiger partial charge in [0.05, 0.1) is 21.2 Å². The number of hydrogen-bond donors (Lipinski definition) is 0. The average Bonchev–Trinajstić information content (AvgIpc) is 3.39. The van der Waals surface area contributed by atoms with Crippen LogP contribution in [0, 0.1) is 20.8 Å². The quantitative estimate of drug-likeness (QED) is 0.427. The number of rotatable bonds is 4. The Hall–Kier alpha value is -3.01. The van der Waals surface area contributed by atoms with Crippen molar-refractivity contribution < 1.29 is 13.2 Å². The Bertz CT molecular complexity index is 1480. The molecular formula is C25H26N4O3S2. The average molecular weight is 495 g/mol. The zero-order valence-corrected chi connectivity index (χ0v) is 21.0. The Kier molecular flexibility index (Phi) is 5.79. The fraction of sp³-hybridized carbons (Fsp3) is 0.280. The summed E-state index contributed by atoms with van der Waals surface area (Å²) in [6, 6.07) is 16.9. The molecule has 7 nitrogen and oxygen atoms in total. The highest BCUT2D eigenvalue weighted by Gasteiger charge is 2.31. The van der Waals surface area contributed by atoms with Gasteiger partial charge in [0.1, 0.15) is 4.83 Å². The van der Waals surface area contributed by atoms with E-state index in [1.54, 1.807) is 29.2 Å². The van der Waals surface area contributed by atoms with Crippen molar-refractivity contribution in [1.29, 1.82) is 0 Å². The predicted octanol–water partition coefficient (Wildman–Crippen LogP) is 4.16. The van der Waals surface area contributed by atoms with Gasteiger partial charge in [0.25, 0.3) is 5.91 Å². The van der Waals surface area contributed by atoms with Crippen LogP contribution >= 0.6 is 11.3 Å². The van der Waals surface area contributed by atoms with Crippen molar-refractivity contribution in [3.63, 3.8) is 0 Å². The van der Waals surface area contributed by atoms with Crippen molar-refractivity contribution in [2.75, 3.05) is 26.2 Å². The van der Waals surface area contributed by atoms with Crippen LogP contribution in [-0.4, -0.2) is 59.5 Å². The lowest BCUT2D eigenvalue weighted by atomic mass is 10.2. The fourth-order valence-corrected chi connectivity index (χ4v) is 6.81. The number of amides is 1. The molecule has 2 aromatic carbocycles. The number of thiophene rings is 1. The third-order valence-electron chi connectivity index (χ3n) is 6.19. The van der Waals surface area contributed by atoms with Gasteiger partial charge in [0, 0.05) is 31.6 Å². The predicted molar refractivity (Wildman–Crippen MR) is 134 cm³/mol. The third-order valence-corrected chi connectivity index (χ3v) is 9.20. The van der Waals surface area contributed by atoms with Gasteiger partial charge in [0.2, 0.25) is 10.0 Å². The molecule has 4 aromatic rings. The van der Waals surface area contributed by atoms with Crippen LogP contribution in [0.25, 0.3) is 15.9 Å². The molecule has 0 atom stereocenters. The Morgan fingerprint density at radius 3 is 2.29 bits per heavy atom. The van der Waals surface area contributed by atoms with Gasteiger partial charge >= 0.3 is 0 Å². The second kappa shape index (κ2) is 8.65. The summed E-state index contributed by atoms with van der Waals surface area (Å²) in [6.45, 7) is 7.20. The minimum Gasteiger partial charge on any atom is -0.335 e. The topological polar surface area (TPSA) is 75.5 Å². The van der Waals surface area contributed by atoms with Gasteiger partial charge in [-0.25, -0.2) is 13.1 Å². The van der Waals surface area contributed by atoms with Crippen LogP contribution in [0.5, 0.6) is 0 Å². The van der Waals surface area contributed by atoms with E-state index in [1.807, 2.05) is 49.7 Å². The molecule has 2 aromatic heterocycles. The van der Waals surface area contributed by atoms with Crippen LogP contribution in [0.3, 0.4) is 0 Å². The van der Waals surface area contributed by atoms with E-state index in [2.05, 4.69) is 11.2 Å². The number of nitrogens with zero attached hydrogens (tertiary/aromatic N) is 4. The van der Waals surface area contributed by atoms with Gasteiger partial charge in [-0.1, -0.05) is 29.8 Å². The lowest BCUT2D eigenvalue weighted by Crippen LogP contribution is -2.50. The van der Waals surface area contributed by atoms with Gasteiger partial charge in [-0.3, -0.25) is 4.79 Å². The van der Waals surface area contributed by atoms with Crippen LogP contribution in [0.1, 0.15) is 26.5 Å². The van der Waals surface area contributed by atoms with Crippen LogP contribution in [0.4, 0.5) is 0 Å². The van der Waals surface area contributed by atoms with Gasteiger partial charge in [-0.05, 0) is 56.7 Å². The molecule has 1 fully saturated rings. The highest BCUT2D eigenvalue weighted by molar-refractivity contribution is 7.89. The largest absolute Gasteiger partial charge is 0.335 e. The molecular weight excluding hydrogens is 468 g/mol. The normalized spacial score (nSPS) is 15.2. The molecule has 9 heteroatoms. The molecule has 5 rings (SSSR count). The molecule has 3 heterocycles. The number of hydrogen-bond acceptors (Lipinski definition) is 5. The van der Waals surface area contributed by atoms with Gasteiger partial charge in [-0.15, -0.1) is 11.3 Å². The summed E-state index contributed by atoms with van der Waals surface area (Å²) in [5, 5.41) is 5.64. The highest BCUT2D eigenvalue weighted by Crippen LogP contribution is 2.31. The molecule has 34 heavy (non-hydrogen) atoms. The summed E-state index contributed by atoms with van der Waals surface area (Å²) in [4.78, 5) is 16.9. The number of benzene rings is 2. The number of sulfonamides is 1. The van der Waals surface area contributed by atoms with Crippen molar-refractivity contribution in [2.45, 2.75) is 25.7 Å². The fourth-order valence-electron chi connectivity index (χ4n) is 4.23. The molecule has 1 aliphatic rings. The standard InChI is InChI=1S/C25H26N4O3S2/c1-17-7-9-21(10-8-17)34(31,32)28-13-11-27(12-14-28)24(30)23-16-22-19(3)26-29(25(22)33-23)20-6-4-5-18(2)15-20/h4-10,15-16H,11-14H2,1-3H3. The van der Waals surface area contributed by atoms with E-state index >= 15 is 0 Å². The summed E-state index contributed by atoms with van der Waals surface area (Å²) in [6.07, 6.45) is 0. The first kappa shape index (κ1) is 22.8. The minimum atomic E-state index is -3.56. The number of piperazine rings is 1. The van der Waals surface area contributed by atoms with Crippen LogP contribution in [0.15, 0.2) is 59.5 Å². The molecule has 1 aliphatic heterocycles. The first-order chi connectivity index (χ1) is 16.2. The summed E-state index contributed by atoms with van der Waals surface area (Å²) >= 11 is 1.43. The zero-order chi connectivity index (χ0) is 24.0. The highest BCUT2D eigenvalue weighted by atomic mass is 32.2. The second-order valence-corrected chi connectivity index (χ2v) is 11.6. The van der Waals surface area contributed by atoms with E-state index in [0.29, 0.717) is 22.9 Å². The summed E-state index contributed by atoms with van der Waals surface area (Å²) in [7, 11) is -3.56. The smallest absolute Gasteiger partial charge is 0.264 e. The Morgan fingerprint density at radius 1 is 0.912 bits per heavy atom. The summed E-state index contributed by atoms with van der Waals surface area (Å²) < 4.78 is 29.3. The van der Waals surface area contributed by atoms with E-state index in [-0.39, 0.29) is 19.0 Å². The van der Waals surface area contributed by atoms with Crippen LogP contribution in [-0.2, 0) is 10.0 Å². The summed E-state index contributed by atoms with van der Waals surface area (Å²) in [5.74, 6) is -0.0659. The zero-order valence-electron chi connectivity index (χ0n) is 19.4. The van der Waals surface area contributed by atoms with E-state index in [9.17, 15) is 13.2 Å². The molecule has 0 saturated carbocycles. The van der Waals surface area contributed by atoms with E-state index in [4.69, 9.17) is 0 Å². The molecule has 0 radical (unpaired) electrons. The first-order valence-corrected chi connectivity index (χ1v) is 13.4. The summed E-state index contributed by atoms with van der Waals surface area (Å²) in [5.41, 5.74) is 4.00. The molecule has 0 aliphatic carbocycles. The van der Waals surface area contributed by atoms with Crippen molar-refractivity contribution >= 4 is 37.5 Å². The molecule has 1 saturated heterocycles. The lowest BCUT2D eigenvalue weighted by Gasteiger charge is -2.33. The molecule has 1 amide bonds. The van der Waals surface area contributed by atoms with Crippen molar-refractivity contribution in [1.82, 2.24) is 19.0 Å². The van der Waals surface area contributed by atoms with Gasteiger partial charge < -0.3 is 4.90 Å². The van der Waals surface area contributed by atoms with Gasteiger partial charge in [0.15, 0.2) is 0 Å². The van der Waals surface area contributed by atoms with E-state index in [1.165, 1.54) is 15.6 Å². The molecule has 0 bridgehead atoms. The van der Waals surface area contributed by atoms with Crippen molar-refractivity contribution in [2.24, 2.45) is 0 Å². The molecule has 0 unspecified atom stereocenters. The number of aromatic nitrogens is 2. The number of carbonyl (C=O) groups excluding carboxylic acids is 1. The minimum absolute atomic E-state index is 0.0659. The lowest BCUT2D eigenvalue weighted by molar-refractivity contribution is 0.0703. The van der Waals surface area contributed by atoms with E-state index < -0.39 is 10.0 Å². The monoisotopic (exact) mass is 494 g/mol. The number of fused-ring (bicyclic) bond motifs is 1. The van der Waals surface area contributed by atoms with Crippen molar-refractivity contribution in [3.05, 3.63) is 76.3 Å². The first-order valence-electron chi connectivity index (χ1n) is 11.2. The van der Waals surface area contributed by atoms with Crippen LogP contribution < -0.4 is 0 Å². The van der Waals surface area contributed by atoms with Crippen LogP contribution in [0.2, 0.25) is 0 Å². The molecule has 176 valence electrons. The maximum Gasteiger partial charge on any atom is 0.264 e. The Balaban J connectivity index is 1.34. The number of aryl methyl sites for hydroxylation is 3. The molecule has 0 N–H and O–H groups in total. The Labute approximate surface area is 203 Å². The second-order valence-electron chi connectivity index (χ2n) is 8.68. The van der Waals surface area contributed by atoms with E-state index in [0.717, 1.165) is 32.7 Å². The number of carbonyl (C=O) groups is 1. The SMILES string of the molecule is Cc1ccc(S(=O)(=O)N2CCN(C(=O)c3cc4c(C)nn(-c5cccc(C)c5)c4s3)CC2)cc1. The maximum atomic E-state index is 13.3. The van der Waals surface area contributed by atoms with Crippen molar-refractivity contribution in [3.8, 4) is 5.69 Å². The third kappa shape index (κ3) is 4.04. The molecule has 0 spiro atoms. The van der Waals surface area contributed by atoms with Gasteiger partial charge in [-0.2, -0.15) is 9.40 Å². The maximum absolute atomic E-state index is 13.3.